The number of aldehydes is 1. The van der Waals surface area contributed by atoms with Gasteiger partial charge < -0.3 is 0 Å². The lowest BCUT2D eigenvalue weighted by Gasteiger charge is -2.03. The zero-order valence-corrected chi connectivity index (χ0v) is 8.24. The Hall–Kier alpha value is -1.70. The number of hydrogen-bond donors (Lipinski definition) is 0. The van der Waals surface area contributed by atoms with Gasteiger partial charge in [0.05, 0.1) is 5.52 Å². The maximum absolute atomic E-state index is 10.6. The number of carbonyl (C=O) groups is 1. The molecular weight excluding hydrogens is 174 g/mol. The highest BCUT2D eigenvalue weighted by molar-refractivity contribution is 5.87. The van der Waals surface area contributed by atoms with Crippen LogP contribution in [0.2, 0.25) is 0 Å². The van der Waals surface area contributed by atoms with E-state index in [0.29, 0.717) is 5.56 Å². The van der Waals surface area contributed by atoms with E-state index in [9.17, 15) is 4.79 Å². The van der Waals surface area contributed by atoms with Gasteiger partial charge in [0.25, 0.3) is 0 Å². The second-order valence-electron chi connectivity index (χ2n) is 3.54. The van der Waals surface area contributed by atoms with Gasteiger partial charge in [0.1, 0.15) is 0 Å². The van der Waals surface area contributed by atoms with Gasteiger partial charge in [-0.15, -0.1) is 0 Å². The van der Waals surface area contributed by atoms with Crippen molar-refractivity contribution in [3.05, 3.63) is 41.1 Å². The van der Waals surface area contributed by atoms with E-state index in [1.165, 1.54) is 5.56 Å². The Kier molecular flexibility index (Phi) is 2.04. The molecule has 2 nitrogen and oxygen atoms in total. The monoisotopic (exact) mass is 185 g/mol. The molecule has 2 heteroatoms. The fourth-order valence-electron chi connectivity index (χ4n) is 1.70. The van der Waals surface area contributed by atoms with Gasteiger partial charge in [0.15, 0.2) is 6.29 Å². The van der Waals surface area contributed by atoms with Crippen LogP contribution in [0.4, 0.5) is 0 Å². The molecule has 0 fully saturated rings. The summed E-state index contributed by atoms with van der Waals surface area (Å²) >= 11 is 0. The number of rotatable bonds is 1. The predicted octanol–water partition coefficient (Wildman–Crippen LogP) is 2.66. The van der Waals surface area contributed by atoms with E-state index in [1.54, 1.807) is 6.20 Å². The van der Waals surface area contributed by atoms with Crippen molar-refractivity contribution in [2.75, 3.05) is 0 Å². The van der Waals surface area contributed by atoms with Gasteiger partial charge in [0, 0.05) is 17.1 Å². The highest BCUT2D eigenvalue weighted by Gasteiger charge is 2.01. The van der Waals surface area contributed by atoms with Crippen molar-refractivity contribution in [1.82, 2.24) is 4.98 Å². The van der Waals surface area contributed by atoms with Crippen LogP contribution in [0.5, 0.6) is 0 Å². The summed E-state index contributed by atoms with van der Waals surface area (Å²) in [4.78, 5) is 14.8. The molecule has 0 aliphatic carbocycles. The summed E-state index contributed by atoms with van der Waals surface area (Å²) in [5.74, 6) is 0. The smallest absolute Gasteiger partial charge is 0.151 e. The van der Waals surface area contributed by atoms with Crippen LogP contribution in [0.1, 0.15) is 21.5 Å². The molecular formula is C12H11NO. The molecule has 0 unspecified atom stereocenters. The first-order valence-electron chi connectivity index (χ1n) is 4.53. The fourth-order valence-corrected chi connectivity index (χ4v) is 1.70. The van der Waals surface area contributed by atoms with Crippen molar-refractivity contribution < 1.29 is 4.79 Å². The predicted molar refractivity (Wildman–Crippen MR) is 56.6 cm³/mol. The molecule has 0 amide bonds. The minimum atomic E-state index is 0.627. The molecule has 1 heterocycles. The van der Waals surface area contributed by atoms with Crippen molar-refractivity contribution in [1.29, 1.82) is 0 Å². The molecule has 0 aliphatic heterocycles. The second kappa shape index (κ2) is 3.22. The summed E-state index contributed by atoms with van der Waals surface area (Å²) < 4.78 is 0. The molecule has 1 aromatic carbocycles. The number of aryl methyl sites for hydroxylation is 2. The second-order valence-corrected chi connectivity index (χ2v) is 3.54. The lowest BCUT2D eigenvalue weighted by molar-refractivity contribution is 0.112. The molecule has 0 atom stereocenters. The molecule has 0 aliphatic rings. The number of aromatic nitrogens is 1. The molecule has 0 spiro atoms. The fraction of sp³-hybridized carbons (Fsp3) is 0.167. The molecule has 14 heavy (non-hydrogen) atoms. The molecule has 0 radical (unpaired) electrons. The SMILES string of the molecule is Cc1cc(C)c2ncc(C=O)cc2c1. The van der Waals surface area contributed by atoms with Crippen LogP contribution in [-0.2, 0) is 0 Å². The van der Waals surface area contributed by atoms with E-state index in [-0.39, 0.29) is 0 Å². The third kappa shape index (κ3) is 1.39. The van der Waals surface area contributed by atoms with Crippen molar-refractivity contribution in [3.8, 4) is 0 Å². The number of fused-ring (bicyclic) bond motifs is 1. The Bertz CT molecular complexity index is 503. The molecule has 2 rings (SSSR count). The highest BCUT2D eigenvalue weighted by Crippen LogP contribution is 2.18. The van der Waals surface area contributed by atoms with Crippen LogP contribution < -0.4 is 0 Å². The van der Waals surface area contributed by atoms with Gasteiger partial charge in [-0.05, 0) is 31.5 Å². The zero-order valence-electron chi connectivity index (χ0n) is 8.24. The zero-order chi connectivity index (χ0) is 10.1. The number of benzene rings is 1. The number of nitrogens with zero attached hydrogens (tertiary/aromatic N) is 1. The van der Waals surface area contributed by atoms with Crippen molar-refractivity contribution in [3.63, 3.8) is 0 Å². The summed E-state index contributed by atoms with van der Waals surface area (Å²) in [6.07, 6.45) is 2.43. The average molecular weight is 185 g/mol. The molecule has 1 aromatic heterocycles. The average Bonchev–Trinajstić information content (AvgIpc) is 2.16. The van der Waals surface area contributed by atoms with Crippen molar-refractivity contribution in [2.45, 2.75) is 13.8 Å². The van der Waals surface area contributed by atoms with E-state index in [0.717, 1.165) is 22.8 Å². The van der Waals surface area contributed by atoms with Crippen LogP contribution in [0, 0.1) is 13.8 Å². The summed E-state index contributed by atoms with van der Waals surface area (Å²) in [7, 11) is 0. The molecule has 0 saturated carbocycles. The Morgan fingerprint density at radius 2 is 2.00 bits per heavy atom. The minimum Gasteiger partial charge on any atom is -0.298 e. The van der Waals surface area contributed by atoms with Gasteiger partial charge in [0.2, 0.25) is 0 Å². The van der Waals surface area contributed by atoms with Crippen LogP contribution >= 0.6 is 0 Å². The summed E-state index contributed by atoms with van der Waals surface area (Å²) in [5, 5.41) is 1.03. The van der Waals surface area contributed by atoms with Crippen molar-refractivity contribution in [2.24, 2.45) is 0 Å². The third-order valence-electron chi connectivity index (χ3n) is 2.28. The van der Waals surface area contributed by atoms with Gasteiger partial charge in [-0.25, -0.2) is 0 Å². The van der Waals surface area contributed by atoms with E-state index < -0.39 is 0 Å². The van der Waals surface area contributed by atoms with Gasteiger partial charge in [-0.2, -0.15) is 0 Å². The molecule has 70 valence electrons. The number of pyridine rings is 1. The molecule has 0 N–H and O–H groups in total. The third-order valence-corrected chi connectivity index (χ3v) is 2.28. The van der Waals surface area contributed by atoms with E-state index >= 15 is 0 Å². The van der Waals surface area contributed by atoms with E-state index in [1.807, 2.05) is 26.0 Å². The Labute approximate surface area is 82.6 Å². The van der Waals surface area contributed by atoms with Gasteiger partial charge >= 0.3 is 0 Å². The normalized spacial score (nSPS) is 10.4. The molecule has 0 bridgehead atoms. The Balaban J connectivity index is 2.81. The van der Waals surface area contributed by atoms with Crippen LogP contribution in [0.25, 0.3) is 10.9 Å². The van der Waals surface area contributed by atoms with Crippen molar-refractivity contribution >= 4 is 17.2 Å². The van der Waals surface area contributed by atoms with Gasteiger partial charge in [-0.3, -0.25) is 9.78 Å². The molecule has 2 aromatic rings. The van der Waals surface area contributed by atoms with Crippen LogP contribution in [0.15, 0.2) is 24.4 Å². The minimum absolute atomic E-state index is 0.627. The summed E-state index contributed by atoms with van der Waals surface area (Å²) in [6.45, 7) is 4.07. The Morgan fingerprint density at radius 3 is 2.71 bits per heavy atom. The topological polar surface area (TPSA) is 30.0 Å². The standard InChI is InChI=1S/C12H11NO/c1-8-3-9(2)12-11(4-8)5-10(7-14)6-13-12/h3-7H,1-2H3. The first-order valence-corrected chi connectivity index (χ1v) is 4.53. The lowest BCUT2D eigenvalue weighted by atomic mass is 10.1. The quantitative estimate of drug-likeness (QED) is 0.639. The maximum Gasteiger partial charge on any atom is 0.151 e. The van der Waals surface area contributed by atoms with E-state index in [2.05, 4.69) is 11.1 Å². The van der Waals surface area contributed by atoms with Crippen LogP contribution in [0.3, 0.4) is 0 Å². The lowest BCUT2D eigenvalue weighted by Crippen LogP contribution is -1.88. The summed E-state index contributed by atoms with van der Waals surface area (Å²) in [6, 6.07) is 6.01. The number of carbonyl (C=O) groups excluding carboxylic acids is 1. The first-order chi connectivity index (χ1) is 6.70. The largest absolute Gasteiger partial charge is 0.298 e. The number of hydrogen-bond acceptors (Lipinski definition) is 2. The summed E-state index contributed by atoms with van der Waals surface area (Å²) in [5.41, 5.74) is 3.95. The molecule has 0 saturated heterocycles. The first kappa shape index (κ1) is 8.88. The van der Waals surface area contributed by atoms with E-state index in [4.69, 9.17) is 0 Å². The Morgan fingerprint density at radius 1 is 1.21 bits per heavy atom. The maximum atomic E-state index is 10.6. The van der Waals surface area contributed by atoms with Gasteiger partial charge in [-0.1, -0.05) is 11.6 Å². The highest BCUT2D eigenvalue weighted by atomic mass is 16.1. The van der Waals surface area contributed by atoms with Crippen LogP contribution in [-0.4, -0.2) is 11.3 Å².